The number of allylic oxidation sites excluding steroid dienone is 2. The Kier molecular flexibility index (Phi) is 5.18. The SMILES string of the molecule is CO/C(N)=C/C=C(\N)c1cc(C)c2ncnc(N3CCc4ccc(N)cc4C3)c2c1. The van der Waals surface area contributed by atoms with Gasteiger partial charge in [0.05, 0.1) is 12.6 Å². The highest BCUT2D eigenvalue weighted by Crippen LogP contribution is 2.31. The molecule has 7 heteroatoms. The van der Waals surface area contributed by atoms with Crippen LogP contribution in [-0.4, -0.2) is 23.6 Å². The Bertz CT molecular complexity index is 1170. The van der Waals surface area contributed by atoms with Gasteiger partial charge in [-0.05, 0) is 72.0 Å². The van der Waals surface area contributed by atoms with E-state index < -0.39 is 0 Å². The molecule has 1 aliphatic heterocycles. The fraction of sp³-hybridized carbons (Fsp3) is 0.217. The normalized spacial score (nSPS) is 14.7. The number of rotatable bonds is 4. The Morgan fingerprint density at radius 2 is 1.93 bits per heavy atom. The lowest BCUT2D eigenvalue weighted by molar-refractivity contribution is 0.287. The molecule has 0 unspecified atom stereocenters. The van der Waals surface area contributed by atoms with Crippen LogP contribution in [0.4, 0.5) is 11.5 Å². The molecule has 0 aliphatic carbocycles. The second-order valence-corrected chi connectivity index (χ2v) is 7.48. The van der Waals surface area contributed by atoms with Gasteiger partial charge in [-0.25, -0.2) is 9.97 Å². The summed E-state index contributed by atoms with van der Waals surface area (Å²) in [6.45, 7) is 3.67. The highest BCUT2D eigenvalue weighted by molar-refractivity contribution is 5.94. The number of nitrogen functional groups attached to an aromatic ring is 1. The summed E-state index contributed by atoms with van der Waals surface area (Å²) < 4.78 is 4.97. The van der Waals surface area contributed by atoms with Gasteiger partial charge in [-0.3, -0.25) is 0 Å². The number of benzene rings is 2. The Morgan fingerprint density at radius 3 is 2.73 bits per heavy atom. The predicted molar refractivity (Wildman–Crippen MR) is 121 cm³/mol. The maximum atomic E-state index is 6.30. The minimum Gasteiger partial charge on any atom is -0.483 e. The van der Waals surface area contributed by atoms with Crippen LogP contribution in [0.5, 0.6) is 0 Å². The number of hydrogen-bond acceptors (Lipinski definition) is 7. The second-order valence-electron chi connectivity index (χ2n) is 7.48. The van der Waals surface area contributed by atoms with E-state index in [1.165, 1.54) is 18.2 Å². The maximum absolute atomic E-state index is 6.30. The first-order valence-corrected chi connectivity index (χ1v) is 9.81. The molecular formula is C23H26N6O. The van der Waals surface area contributed by atoms with Gasteiger partial charge in [0, 0.05) is 29.9 Å². The van der Waals surface area contributed by atoms with Crippen molar-refractivity contribution in [1.29, 1.82) is 0 Å². The molecule has 2 aromatic carbocycles. The van der Waals surface area contributed by atoms with Crippen molar-refractivity contribution in [3.05, 3.63) is 76.9 Å². The molecule has 0 saturated heterocycles. The van der Waals surface area contributed by atoms with Gasteiger partial charge in [0.1, 0.15) is 12.1 Å². The van der Waals surface area contributed by atoms with Crippen molar-refractivity contribution in [3.8, 4) is 0 Å². The van der Waals surface area contributed by atoms with Crippen molar-refractivity contribution < 1.29 is 4.74 Å². The summed E-state index contributed by atoms with van der Waals surface area (Å²) in [5.74, 6) is 1.20. The molecule has 1 aliphatic rings. The van der Waals surface area contributed by atoms with Gasteiger partial charge in [0.25, 0.3) is 0 Å². The van der Waals surface area contributed by atoms with Crippen LogP contribution in [0.15, 0.2) is 54.7 Å². The van der Waals surface area contributed by atoms with E-state index in [4.69, 9.17) is 21.9 Å². The largest absolute Gasteiger partial charge is 0.483 e. The minimum absolute atomic E-state index is 0.297. The van der Waals surface area contributed by atoms with Crippen molar-refractivity contribution >= 4 is 28.1 Å². The number of fused-ring (bicyclic) bond motifs is 2. The average Bonchev–Trinajstić information content (AvgIpc) is 2.76. The monoisotopic (exact) mass is 402 g/mol. The number of methoxy groups -OCH3 is 1. The van der Waals surface area contributed by atoms with Crippen LogP contribution in [0.1, 0.15) is 22.3 Å². The summed E-state index contributed by atoms with van der Waals surface area (Å²) in [6, 6.07) is 10.2. The van der Waals surface area contributed by atoms with Gasteiger partial charge in [0.2, 0.25) is 0 Å². The van der Waals surface area contributed by atoms with Crippen LogP contribution in [0.2, 0.25) is 0 Å². The van der Waals surface area contributed by atoms with Crippen LogP contribution in [0.25, 0.3) is 16.6 Å². The Morgan fingerprint density at radius 1 is 1.10 bits per heavy atom. The number of hydrogen-bond donors (Lipinski definition) is 3. The molecule has 0 fully saturated rings. The zero-order valence-electron chi connectivity index (χ0n) is 17.2. The smallest absolute Gasteiger partial charge is 0.183 e. The zero-order valence-corrected chi connectivity index (χ0v) is 17.2. The van der Waals surface area contributed by atoms with Crippen LogP contribution in [-0.2, 0) is 17.7 Å². The quantitative estimate of drug-likeness (QED) is 0.349. The third-order valence-corrected chi connectivity index (χ3v) is 5.45. The zero-order chi connectivity index (χ0) is 21.3. The van der Waals surface area contributed by atoms with Gasteiger partial charge in [-0.1, -0.05) is 6.07 Å². The molecule has 30 heavy (non-hydrogen) atoms. The van der Waals surface area contributed by atoms with E-state index in [2.05, 4.69) is 27.0 Å². The third kappa shape index (κ3) is 3.74. The highest BCUT2D eigenvalue weighted by atomic mass is 16.5. The molecule has 0 spiro atoms. The summed E-state index contributed by atoms with van der Waals surface area (Å²) in [5.41, 5.74) is 24.8. The molecule has 4 rings (SSSR count). The lowest BCUT2D eigenvalue weighted by atomic mass is 9.98. The number of anilines is 2. The fourth-order valence-corrected chi connectivity index (χ4v) is 3.84. The molecule has 0 radical (unpaired) electrons. The number of nitrogens with zero attached hydrogens (tertiary/aromatic N) is 3. The van der Waals surface area contributed by atoms with Crippen molar-refractivity contribution in [3.63, 3.8) is 0 Å². The van der Waals surface area contributed by atoms with Crippen molar-refractivity contribution in [2.24, 2.45) is 11.5 Å². The van der Waals surface area contributed by atoms with E-state index in [9.17, 15) is 0 Å². The molecule has 2 heterocycles. The molecule has 7 nitrogen and oxygen atoms in total. The Hall–Kier alpha value is -3.74. The average molecular weight is 403 g/mol. The number of aryl methyl sites for hydroxylation is 1. The molecule has 154 valence electrons. The highest BCUT2D eigenvalue weighted by Gasteiger charge is 2.20. The maximum Gasteiger partial charge on any atom is 0.183 e. The lowest BCUT2D eigenvalue weighted by Crippen LogP contribution is -2.31. The predicted octanol–water partition coefficient (Wildman–Crippen LogP) is 2.83. The van der Waals surface area contributed by atoms with Crippen molar-refractivity contribution in [1.82, 2.24) is 9.97 Å². The van der Waals surface area contributed by atoms with E-state index in [0.29, 0.717) is 11.6 Å². The summed E-state index contributed by atoms with van der Waals surface area (Å²) in [4.78, 5) is 11.4. The molecule has 3 aromatic rings. The molecule has 0 amide bonds. The van der Waals surface area contributed by atoms with Gasteiger partial charge in [0.15, 0.2) is 5.88 Å². The standard InChI is InChI=1S/C23H26N6O/c1-14-9-16(20(25)5-6-21(26)30-2)11-19-22(14)27-13-28-23(19)29-8-7-15-3-4-18(24)10-17(15)12-29/h3-6,9-11,13H,7-8,12,24-26H2,1-2H3/b20-5-,21-6+. The molecular weight excluding hydrogens is 376 g/mol. The second kappa shape index (κ2) is 7.94. The van der Waals surface area contributed by atoms with Crippen molar-refractivity contribution in [2.45, 2.75) is 19.9 Å². The molecule has 0 saturated carbocycles. The molecule has 0 atom stereocenters. The first kappa shape index (κ1) is 19.6. The van der Waals surface area contributed by atoms with E-state index in [1.54, 1.807) is 18.5 Å². The van der Waals surface area contributed by atoms with Gasteiger partial charge in [-0.15, -0.1) is 0 Å². The number of nitrogens with two attached hydrogens (primary N) is 3. The van der Waals surface area contributed by atoms with Gasteiger partial charge in [-0.2, -0.15) is 0 Å². The van der Waals surface area contributed by atoms with Gasteiger partial charge < -0.3 is 26.8 Å². The van der Waals surface area contributed by atoms with E-state index in [1.807, 2.05) is 25.1 Å². The lowest BCUT2D eigenvalue weighted by Gasteiger charge is -2.30. The van der Waals surface area contributed by atoms with Crippen molar-refractivity contribution in [2.75, 3.05) is 24.3 Å². The molecule has 6 N–H and O–H groups in total. The minimum atomic E-state index is 0.297. The number of aromatic nitrogens is 2. The van der Waals surface area contributed by atoms with E-state index in [0.717, 1.165) is 53.0 Å². The summed E-state index contributed by atoms with van der Waals surface area (Å²) in [5, 5.41) is 0.972. The van der Waals surface area contributed by atoms with Crippen LogP contribution < -0.4 is 22.1 Å². The summed E-state index contributed by atoms with van der Waals surface area (Å²) in [6.07, 6.45) is 5.95. The topological polar surface area (TPSA) is 116 Å². The first-order valence-electron chi connectivity index (χ1n) is 9.81. The summed E-state index contributed by atoms with van der Waals surface area (Å²) in [7, 11) is 1.52. The summed E-state index contributed by atoms with van der Waals surface area (Å²) >= 11 is 0. The Labute approximate surface area is 175 Å². The Balaban J connectivity index is 1.77. The van der Waals surface area contributed by atoms with E-state index in [-0.39, 0.29) is 0 Å². The number of ether oxygens (including phenoxy) is 1. The van der Waals surface area contributed by atoms with Crippen LogP contribution >= 0.6 is 0 Å². The van der Waals surface area contributed by atoms with Gasteiger partial charge >= 0.3 is 0 Å². The van der Waals surface area contributed by atoms with Crippen LogP contribution in [0.3, 0.4) is 0 Å². The third-order valence-electron chi connectivity index (χ3n) is 5.45. The molecule has 1 aromatic heterocycles. The fourth-order valence-electron chi connectivity index (χ4n) is 3.84. The molecule has 0 bridgehead atoms. The van der Waals surface area contributed by atoms with Crippen LogP contribution in [0, 0.1) is 6.92 Å². The first-order chi connectivity index (χ1) is 14.5. The van der Waals surface area contributed by atoms with E-state index >= 15 is 0 Å².